The zero-order valence-corrected chi connectivity index (χ0v) is 17.4. The number of carbonyl (C=O) groups is 1. The highest BCUT2D eigenvalue weighted by Gasteiger charge is 2.16. The molecule has 0 fully saturated rings. The summed E-state index contributed by atoms with van der Waals surface area (Å²) in [6.45, 7) is 0. The number of para-hydroxylation sites is 1. The number of nitrogens with one attached hydrogen (secondary N) is 1. The lowest BCUT2D eigenvalue weighted by Gasteiger charge is -2.13. The van der Waals surface area contributed by atoms with E-state index in [0.717, 1.165) is 37.2 Å². The second kappa shape index (κ2) is 8.12. The number of benzene rings is 2. The van der Waals surface area contributed by atoms with E-state index in [1.807, 2.05) is 66.9 Å². The number of rotatable bonds is 4. The van der Waals surface area contributed by atoms with Crippen molar-refractivity contribution in [3.8, 4) is 11.3 Å². The third-order valence-corrected chi connectivity index (χ3v) is 5.64. The summed E-state index contributed by atoms with van der Waals surface area (Å²) in [5.74, 6) is -0.165. The average molecular weight is 450 g/mol. The largest absolute Gasteiger partial charge is 0.321 e. The molecule has 1 N–H and O–H groups in total. The summed E-state index contributed by atoms with van der Waals surface area (Å²) in [6, 6.07) is 19.1. The lowest BCUT2D eigenvalue weighted by atomic mass is 10.0. The monoisotopic (exact) mass is 449 g/mol. The smallest absolute Gasteiger partial charge is 0.256 e. The van der Waals surface area contributed by atoms with Crippen molar-refractivity contribution in [2.24, 2.45) is 0 Å². The summed E-state index contributed by atoms with van der Waals surface area (Å²) in [5, 5.41) is 3.85. The number of fused-ring (bicyclic) bond motifs is 1. The maximum Gasteiger partial charge on any atom is 0.256 e. The van der Waals surface area contributed by atoms with Crippen LogP contribution in [0, 0.1) is 0 Å². The maximum atomic E-state index is 13.2. The van der Waals surface area contributed by atoms with Crippen LogP contribution in [0.15, 0.2) is 82.4 Å². The summed E-state index contributed by atoms with van der Waals surface area (Å²) in [4.78, 5) is 23.0. The molecular formula is C22H16BrN3OS. The van der Waals surface area contributed by atoms with Crippen LogP contribution < -0.4 is 5.32 Å². The number of aromatic nitrogens is 2. The summed E-state index contributed by atoms with van der Waals surface area (Å²) in [6.07, 6.45) is 5.43. The van der Waals surface area contributed by atoms with Crippen molar-refractivity contribution in [1.82, 2.24) is 9.97 Å². The van der Waals surface area contributed by atoms with Crippen LogP contribution in [0.4, 0.5) is 5.69 Å². The fourth-order valence-corrected chi connectivity index (χ4v) is 3.91. The van der Waals surface area contributed by atoms with Gasteiger partial charge in [-0.25, -0.2) is 4.98 Å². The molecule has 0 aliphatic carbocycles. The van der Waals surface area contributed by atoms with Gasteiger partial charge in [-0.05, 0) is 54.8 Å². The SMILES string of the molecule is CSc1ccccc1NC(=O)c1cc(-c2ccncc2)nc2ccc(Br)cc12. The Bertz CT molecular complexity index is 1170. The predicted octanol–water partition coefficient (Wildman–Crippen LogP) is 6.03. The highest BCUT2D eigenvalue weighted by Crippen LogP contribution is 2.29. The van der Waals surface area contributed by atoms with Gasteiger partial charge in [0, 0.05) is 32.7 Å². The molecule has 0 saturated carbocycles. The van der Waals surface area contributed by atoms with Crippen LogP contribution in [0.3, 0.4) is 0 Å². The third-order valence-electron chi connectivity index (χ3n) is 4.35. The lowest BCUT2D eigenvalue weighted by molar-refractivity contribution is 0.102. The van der Waals surface area contributed by atoms with Gasteiger partial charge < -0.3 is 5.32 Å². The lowest BCUT2D eigenvalue weighted by Crippen LogP contribution is -2.13. The Morgan fingerprint density at radius 3 is 2.61 bits per heavy atom. The van der Waals surface area contributed by atoms with Crippen molar-refractivity contribution in [3.63, 3.8) is 0 Å². The number of pyridine rings is 2. The standard InChI is InChI=1S/C22H16BrN3OS/c1-28-21-5-3-2-4-19(21)26-22(27)17-13-20(14-8-10-24-11-9-14)25-18-7-6-15(23)12-16(17)18/h2-13H,1H3,(H,26,27). The number of thioether (sulfide) groups is 1. The molecule has 0 radical (unpaired) electrons. The molecule has 138 valence electrons. The van der Waals surface area contributed by atoms with Crippen LogP contribution in [0.2, 0.25) is 0 Å². The first-order valence-electron chi connectivity index (χ1n) is 8.61. The molecule has 0 atom stereocenters. The van der Waals surface area contributed by atoms with Crippen molar-refractivity contribution >= 4 is 50.2 Å². The second-order valence-electron chi connectivity index (χ2n) is 6.11. The van der Waals surface area contributed by atoms with E-state index in [9.17, 15) is 4.79 Å². The van der Waals surface area contributed by atoms with Crippen LogP contribution in [0.1, 0.15) is 10.4 Å². The minimum atomic E-state index is -0.165. The minimum Gasteiger partial charge on any atom is -0.321 e. The number of amides is 1. The number of hydrogen-bond donors (Lipinski definition) is 1. The van der Waals surface area contributed by atoms with E-state index in [0.29, 0.717) is 5.56 Å². The van der Waals surface area contributed by atoms with E-state index in [1.165, 1.54) is 0 Å². The molecule has 1 amide bonds. The molecule has 2 aromatic heterocycles. The summed E-state index contributed by atoms with van der Waals surface area (Å²) < 4.78 is 0.900. The normalized spacial score (nSPS) is 10.8. The minimum absolute atomic E-state index is 0.165. The molecule has 4 rings (SSSR count). The molecule has 0 aliphatic heterocycles. The summed E-state index contributed by atoms with van der Waals surface area (Å²) in [5.41, 5.74) is 3.79. The summed E-state index contributed by atoms with van der Waals surface area (Å²) in [7, 11) is 0. The van der Waals surface area contributed by atoms with E-state index in [1.54, 1.807) is 24.2 Å². The van der Waals surface area contributed by atoms with E-state index in [2.05, 4.69) is 26.2 Å². The number of halogens is 1. The molecule has 0 saturated heterocycles. The predicted molar refractivity (Wildman–Crippen MR) is 119 cm³/mol. The van der Waals surface area contributed by atoms with Crippen LogP contribution in [0.25, 0.3) is 22.2 Å². The average Bonchev–Trinajstić information content (AvgIpc) is 2.74. The van der Waals surface area contributed by atoms with Crippen molar-refractivity contribution in [1.29, 1.82) is 0 Å². The fourth-order valence-electron chi connectivity index (χ4n) is 2.99. The quantitative estimate of drug-likeness (QED) is 0.386. The molecule has 28 heavy (non-hydrogen) atoms. The van der Waals surface area contributed by atoms with Crippen molar-refractivity contribution < 1.29 is 4.79 Å². The van der Waals surface area contributed by atoms with Gasteiger partial charge in [-0.2, -0.15) is 0 Å². The number of carbonyl (C=O) groups excluding carboxylic acids is 1. The van der Waals surface area contributed by atoms with Crippen LogP contribution in [-0.4, -0.2) is 22.1 Å². The molecule has 0 aliphatic rings. The van der Waals surface area contributed by atoms with Gasteiger partial charge in [-0.3, -0.25) is 9.78 Å². The Morgan fingerprint density at radius 2 is 1.82 bits per heavy atom. The van der Waals surface area contributed by atoms with Gasteiger partial charge in [0.25, 0.3) is 5.91 Å². The molecular weight excluding hydrogens is 434 g/mol. The number of nitrogens with zero attached hydrogens (tertiary/aromatic N) is 2. The van der Waals surface area contributed by atoms with Gasteiger partial charge in [0.05, 0.1) is 22.5 Å². The van der Waals surface area contributed by atoms with E-state index in [-0.39, 0.29) is 5.91 Å². The van der Waals surface area contributed by atoms with Gasteiger partial charge in [-0.15, -0.1) is 11.8 Å². The van der Waals surface area contributed by atoms with Gasteiger partial charge >= 0.3 is 0 Å². The zero-order chi connectivity index (χ0) is 19.5. The first kappa shape index (κ1) is 18.7. The zero-order valence-electron chi connectivity index (χ0n) is 15.0. The molecule has 6 heteroatoms. The van der Waals surface area contributed by atoms with Crippen LogP contribution >= 0.6 is 27.7 Å². The molecule has 0 spiro atoms. The summed E-state index contributed by atoms with van der Waals surface area (Å²) >= 11 is 5.09. The molecule has 0 unspecified atom stereocenters. The van der Waals surface area contributed by atoms with Crippen molar-refractivity contribution in [2.45, 2.75) is 4.90 Å². The molecule has 2 heterocycles. The Balaban J connectivity index is 1.84. The maximum absolute atomic E-state index is 13.2. The number of anilines is 1. The van der Waals surface area contributed by atoms with Gasteiger partial charge in [0.2, 0.25) is 0 Å². The molecule has 2 aromatic carbocycles. The molecule has 0 bridgehead atoms. The van der Waals surface area contributed by atoms with Crippen LogP contribution in [0.5, 0.6) is 0 Å². The highest BCUT2D eigenvalue weighted by molar-refractivity contribution is 9.10. The Morgan fingerprint density at radius 1 is 1.04 bits per heavy atom. The highest BCUT2D eigenvalue weighted by atomic mass is 79.9. The van der Waals surface area contributed by atoms with Gasteiger partial charge in [0.1, 0.15) is 0 Å². The molecule has 4 aromatic rings. The second-order valence-corrected chi connectivity index (χ2v) is 7.87. The van der Waals surface area contributed by atoms with Crippen LogP contribution in [-0.2, 0) is 0 Å². The van der Waals surface area contributed by atoms with Crippen molar-refractivity contribution in [2.75, 3.05) is 11.6 Å². The first-order valence-corrected chi connectivity index (χ1v) is 10.6. The first-order chi connectivity index (χ1) is 13.7. The van der Waals surface area contributed by atoms with Gasteiger partial charge in [0.15, 0.2) is 0 Å². The van der Waals surface area contributed by atoms with E-state index < -0.39 is 0 Å². The van der Waals surface area contributed by atoms with Crippen molar-refractivity contribution in [3.05, 3.63) is 83.1 Å². The topological polar surface area (TPSA) is 54.9 Å². The Kier molecular flexibility index (Phi) is 5.41. The molecule has 4 nitrogen and oxygen atoms in total. The Labute approximate surface area is 175 Å². The Hall–Kier alpha value is -2.70. The van der Waals surface area contributed by atoms with E-state index in [4.69, 9.17) is 4.98 Å². The number of hydrogen-bond acceptors (Lipinski definition) is 4. The van der Waals surface area contributed by atoms with Gasteiger partial charge in [-0.1, -0.05) is 28.1 Å². The third kappa shape index (κ3) is 3.79. The van der Waals surface area contributed by atoms with E-state index >= 15 is 0 Å². The fraction of sp³-hybridized carbons (Fsp3) is 0.0455.